The van der Waals surface area contributed by atoms with Crippen LogP contribution in [0.4, 0.5) is 0 Å². The number of carbonyl (C=O) groups is 1. The van der Waals surface area contributed by atoms with Gasteiger partial charge in [-0.25, -0.2) is 9.67 Å². The molecule has 8 heteroatoms. The lowest BCUT2D eigenvalue weighted by Crippen LogP contribution is -2.25. The van der Waals surface area contributed by atoms with Crippen LogP contribution in [-0.4, -0.2) is 35.4 Å². The first-order chi connectivity index (χ1) is 14.6. The van der Waals surface area contributed by atoms with Gasteiger partial charge in [0.1, 0.15) is 5.82 Å². The fraction of sp³-hybridized carbons (Fsp3) is 0.318. The number of carbonyl (C=O) groups excluding carboxylic acids is 1. The van der Waals surface area contributed by atoms with E-state index < -0.39 is 0 Å². The zero-order chi connectivity index (χ0) is 20.7. The van der Waals surface area contributed by atoms with Crippen LogP contribution >= 0.6 is 0 Å². The third-order valence-electron chi connectivity index (χ3n) is 5.80. The second kappa shape index (κ2) is 7.37. The Hall–Kier alpha value is -3.55. The lowest BCUT2D eigenvalue weighted by Gasteiger charge is -2.16. The molecule has 4 aromatic rings. The van der Waals surface area contributed by atoms with Crippen LogP contribution in [-0.2, 0) is 19.5 Å². The van der Waals surface area contributed by atoms with Crippen molar-refractivity contribution in [1.82, 2.24) is 34.8 Å². The monoisotopic (exact) mass is 401 g/mol. The SMILES string of the molecule is Cc1c(C(=O)NCc2nc(C)n3c2CCCC3)nnn1-c1cccc2cnccc12. The van der Waals surface area contributed by atoms with Crippen LogP contribution in [0.5, 0.6) is 0 Å². The molecule has 0 spiro atoms. The zero-order valence-electron chi connectivity index (χ0n) is 17.1. The van der Waals surface area contributed by atoms with E-state index >= 15 is 0 Å². The van der Waals surface area contributed by atoms with Gasteiger partial charge in [-0.1, -0.05) is 17.3 Å². The van der Waals surface area contributed by atoms with Crippen molar-refractivity contribution in [3.63, 3.8) is 0 Å². The number of nitrogens with zero attached hydrogens (tertiary/aromatic N) is 6. The normalized spacial score (nSPS) is 13.4. The molecule has 1 N–H and O–H groups in total. The summed E-state index contributed by atoms with van der Waals surface area (Å²) in [6, 6.07) is 7.85. The van der Waals surface area contributed by atoms with Gasteiger partial charge in [-0.05, 0) is 45.2 Å². The highest BCUT2D eigenvalue weighted by Gasteiger charge is 2.21. The molecule has 0 bridgehead atoms. The molecule has 0 aliphatic carbocycles. The van der Waals surface area contributed by atoms with Crippen LogP contribution in [0.3, 0.4) is 0 Å². The highest BCUT2D eigenvalue weighted by atomic mass is 16.2. The second-order valence-electron chi connectivity index (χ2n) is 7.65. The number of imidazole rings is 1. The van der Waals surface area contributed by atoms with Gasteiger partial charge in [0.2, 0.25) is 0 Å². The number of benzene rings is 1. The van der Waals surface area contributed by atoms with E-state index in [4.69, 9.17) is 0 Å². The first-order valence-corrected chi connectivity index (χ1v) is 10.2. The van der Waals surface area contributed by atoms with E-state index in [1.54, 1.807) is 10.9 Å². The first kappa shape index (κ1) is 18.5. The molecule has 1 aliphatic heterocycles. The number of hydrogen-bond acceptors (Lipinski definition) is 5. The number of rotatable bonds is 4. The van der Waals surface area contributed by atoms with Gasteiger partial charge in [0.25, 0.3) is 5.91 Å². The molecule has 0 atom stereocenters. The molecule has 4 heterocycles. The number of pyridine rings is 1. The molecule has 1 amide bonds. The molecular weight excluding hydrogens is 378 g/mol. The van der Waals surface area contributed by atoms with Crippen molar-refractivity contribution < 1.29 is 4.79 Å². The van der Waals surface area contributed by atoms with Crippen molar-refractivity contribution in [2.75, 3.05) is 0 Å². The summed E-state index contributed by atoms with van der Waals surface area (Å²) in [6.45, 7) is 5.29. The van der Waals surface area contributed by atoms with Gasteiger partial charge < -0.3 is 9.88 Å². The van der Waals surface area contributed by atoms with Gasteiger partial charge >= 0.3 is 0 Å². The van der Waals surface area contributed by atoms with Crippen LogP contribution in [0.1, 0.15) is 46.2 Å². The fourth-order valence-electron chi connectivity index (χ4n) is 4.26. The molecule has 3 aromatic heterocycles. The van der Waals surface area contributed by atoms with Crippen LogP contribution < -0.4 is 5.32 Å². The summed E-state index contributed by atoms with van der Waals surface area (Å²) in [5.74, 6) is 0.775. The smallest absolute Gasteiger partial charge is 0.274 e. The average molecular weight is 401 g/mol. The molecule has 0 fully saturated rings. The number of fused-ring (bicyclic) bond motifs is 2. The Bertz CT molecular complexity index is 1250. The number of aryl methyl sites for hydroxylation is 1. The number of aromatic nitrogens is 6. The van der Waals surface area contributed by atoms with E-state index in [1.165, 1.54) is 18.5 Å². The molecule has 0 saturated heterocycles. The van der Waals surface area contributed by atoms with Gasteiger partial charge in [-0.3, -0.25) is 9.78 Å². The first-order valence-electron chi connectivity index (χ1n) is 10.2. The van der Waals surface area contributed by atoms with Crippen LogP contribution in [0.2, 0.25) is 0 Å². The summed E-state index contributed by atoms with van der Waals surface area (Å²) < 4.78 is 3.97. The molecule has 30 heavy (non-hydrogen) atoms. The summed E-state index contributed by atoms with van der Waals surface area (Å²) in [4.78, 5) is 21.7. The minimum absolute atomic E-state index is 0.240. The number of amides is 1. The Morgan fingerprint density at radius 1 is 1.20 bits per heavy atom. The van der Waals surface area contributed by atoms with E-state index in [-0.39, 0.29) is 5.91 Å². The van der Waals surface area contributed by atoms with Gasteiger partial charge in [0.15, 0.2) is 5.69 Å². The van der Waals surface area contributed by atoms with Crippen LogP contribution in [0.25, 0.3) is 16.5 Å². The molecule has 5 rings (SSSR count). The highest BCUT2D eigenvalue weighted by Crippen LogP contribution is 2.23. The molecule has 0 radical (unpaired) electrons. The minimum Gasteiger partial charge on any atom is -0.345 e. The molecule has 1 aliphatic rings. The van der Waals surface area contributed by atoms with Crippen LogP contribution in [0, 0.1) is 13.8 Å². The zero-order valence-corrected chi connectivity index (χ0v) is 17.1. The maximum absolute atomic E-state index is 12.9. The molecular formula is C22H23N7O. The van der Waals surface area contributed by atoms with E-state index in [2.05, 4.69) is 30.2 Å². The lowest BCUT2D eigenvalue weighted by atomic mass is 10.1. The van der Waals surface area contributed by atoms with E-state index in [0.717, 1.165) is 40.9 Å². The minimum atomic E-state index is -0.240. The Labute approximate surface area is 174 Å². The molecule has 152 valence electrons. The van der Waals surface area contributed by atoms with Crippen molar-refractivity contribution in [3.8, 4) is 5.69 Å². The van der Waals surface area contributed by atoms with Gasteiger partial charge in [-0.15, -0.1) is 5.10 Å². The Balaban J connectivity index is 1.40. The maximum atomic E-state index is 12.9. The summed E-state index contributed by atoms with van der Waals surface area (Å²) in [6.07, 6.45) is 6.92. The Kier molecular flexibility index (Phi) is 4.54. The largest absolute Gasteiger partial charge is 0.345 e. The predicted octanol–water partition coefficient (Wildman–Crippen LogP) is 2.90. The van der Waals surface area contributed by atoms with Gasteiger partial charge in [0.05, 0.1) is 23.6 Å². The Morgan fingerprint density at radius 3 is 3.00 bits per heavy atom. The predicted molar refractivity (Wildman–Crippen MR) is 112 cm³/mol. The average Bonchev–Trinajstić information content (AvgIpc) is 3.32. The Morgan fingerprint density at radius 2 is 2.10 bits per heavy atom. The summed E-state index contributed by atoms with van der Waals surface area (Å²) in [5.41, 5.74) is 4.08. The summed E-state index contributed by atoms with van der Waals surface area (Å²) >= 11 is 0. The third-order valence-corrected chi connectivity index (χ3v) is 5.80. The topological polar surface area (TPSA) is 90.5 Å². The second-order valence-corrected chi connectivity index (χ2v) is 7.65. The van der Waals surface area contributed by atoms with E-state index in [0.29, 0.717) is 17.9 Å². The van der Waals surface area contributed by atoms with Gasteiger partial charge in [-0.2, -0.15) is 0 Å². The molecule has 8 nitrogen and oxygen atoms in total. The fourth-order valence-corrected chi connectivity index (χ4v) is 4.26. The standard InChI is InChI=1S/C22H23N7O/c1-14-21(22(30)24-13-18-20-7-3-4-11-28(20)15(2)25-18)26-27-29(14)19-8-5-6-16-12-23-10-9-17(16)19/h5-6,8-10,12H,3-4,7,11,13H2,1-2H3,(H,24,30). The van der Waals surface area contributed by atoms with E-state index in [9.17, 15) is 4.79 Å². The quantitative estimate of drug-likeness (QED) is 0.568. The molecule has 1 aromatic carbocycles. The van der Waals surface area contributed by atoms with E-state index in [1.807, 2.05) is 44.3 Å². The van der Waals surface area contributed by atoms with Crippen molar-refractivity contribution in [3.05, 3.63) is 65.3 Å². The third kappa shape index (κ3) is 3.04. The van der Waals surface area contributed by atoms with Crippen molar-refractivity contribution in [2.24, 2.45) is 0 Å². The lowest BCUT2D eigenvalue weighted by molar-refractivity contribution is 0.0944. The summed E-state index contributed by atoms with van der Waals surface area (Å²) in [7, 11) is 0. The van der Waals surface area contributed by atoms with Crippen molar-refractivity contribution in [1.29, 1.82) is 0 Å². The summed E-state index contributed by atoms with van der Waals surface area (Å²) in [5, 5.41) is 13.4. The highest BCUT2D eigenvalue weighted by molar-refractivity contribution is 5.94. The molecule has 0 saturated carbocycles. The number of hydrogen-bond donors (Lipinski definition) is 1. The van der Waals surface area contributed by atoms with Crippen molar-refractivity contribution >= 4 is 16.7 Å². The van der Waals surface area contributed by atoms with Crippen molar-refractivity contribution in [2.45, 2.75) is 46.2 Å². The molecule has 0 unspecified atom stereocenters. The maximum Gasteiger partial charge on any atom is 0.274 e. The van der Waals surface area contributed by atoms with Crippen LogP contribution in [0.15, 0.2) is 36.7 Å². The number of nitrogens with one attached hydrogen (secondary N) is 1. The van der Waals surface area contributed by atoms with Gasteiger partial charge in [0, 0.05) is 35.4 Å².